The minimum atomic E-state index is -0.358. The van der Waals surface area contributed by atoms with E-state index in [2.05, 4.69) is 13.2 Å². The van der Waals surface area contributed by atoms with Crippen molar-refractivity contribution in [3.8, 4) is 6.07 Å². The largest absolute Gasteiger partial charge is 0.372 e. The number of anilines is 1. The van der Waals surface area contributed by atoms with Crippen LogP contribution in [0.15, 0.2) is 18.2 Å². The fraction of sp³-hybridized carbons (Fsp3) is 0.462. The monoisotopic (exact) mass is 252 g/mol. The van der Waals surface area contributed by atoms with E-state index in [-0.39, 0.29) is 5.82 Å². The summed E-state index contributed by atoms with van der Waals surface area (Å²) in [7, 11) is 1.93. The van der Waals surface area contributed by atoms with Gasteiger partial charge >= 0.3 is 0 Å². The van der Waals surface area contributed by atoms with Crippen molar-refractivity contribution in [1.82, 2.24) is 0 Å². The average Bonchev–Trinajstić information content (AvgIpc) is 2.34. The van der Waals surface area contributed by atoms with Gasteiger partial charge in [-0.2, -0.15) is 17.0 Å². The van der Waals surface area contributed by atoms with Crippen LogP contribution < -0.4 is 4.90 Å². The maximum atomic E-state index is 13.3. The number of hydrogen-bond acceptors (Lipinski definition) is 3. The van der Waals surface area contributed by atoms with Crippen molar-refractivity contribution in [2.75, 3.05) is 24.0 Å². The zero-order valence-corrected chi connectivity index (χ0v) is 11.2. The molecule has 1 rings (SSSR count). The molecule has 0 amide bonds. The van der Waals surface area contributed by atoms with Crippen molar-refractivity contribution in [2.24, 2.45) is 0 Å². The number of nitriles is 1. The lowest BCUT2D eigenvalue weighted by atomic mass is 10.1. The fourth-order valence-electron chi connectivity index (χ4n) is 1.58. The Hall–Kier alpha value is -1.21. The Labute approximate surface area is 106 Å². The third-order valence-corrected chi connectivity index (χ3v) is 3.46. The van der Waals surface area contributed by atoms with E-state index >= 15 is 0 Å². The molecule has 1 aromatic rings. The second kappa shape index (κ2) is 6.51. The molecule has 4 heteroatoms. The molecule has 2 nitrogen and oxygen atoms in total. The molecule has 1 atom stereocenters. The molecular formula is C13H17FN2S. The van der Waals surface area contributed by atoms with Gasteiger partial charge in [0, 0.05) is 18.8 Å². The van der Waals surface area contributed by atoms with Crippen LogP contribution in [0.5, 0.6) is 0 Å². The third-order valence-electron chi connectivity index (χ3n) is 2.82. The first-order valence-corrected chi connectivity index (χ1v) is 6.90. The molecule has 92 valence electrons. The van der Waals surface area contributed by atoms with Crippen molar-refractivity contribution in [3.63, 3.8) is 0 Å². The van der Waals surface area contributed by atoms with Crippen molar-refractivity contribution >= 4 is 17.4 Å². The Morgan fingerprint density at radius 2 is 2.18 bits per heavy atom. The van der Waals surface area contributed by atoms with E-state index in [0.29, 0.717) is 11.6 Å². The van der Waals surface area contributed by atoms with Crippen LogP contribution in [0, 0.1) is 17.1 Å². The summed E-state index contributed by atoms with van der Waals surface area (Å²) in [6.45, 7) is 2.10. The number of nitrogens with zero attached hydrogens (tertiary/aromatic N) is 2. The van der Waals surface area contributed by atoms with Crippen LogP contribution in [0.25, 0.3) is 0 Å². The van der Waals surface area contributed by atoms with Gasteiger partial charge in [0.15, 0.2) is 0 Å². The van der Waals surface area contributed by atoms with E-state index in [4.69, 9.17) is 5.26 Å². The van der Waals surface area contributed by atoms with E-state index in [0.717, 1.165) is 17.9 Å². The quantitative estimate of drug-likeness (QED) is 0.804. The van der Waals surface area contributed by atoms with Gasteiger partial charge in [0.1, 0.15) is 5.82 Å². The summed E-state index contributed by atoms with van der Waals surface area (Å²) in [5.74, 6) is 0.717. The molecule has 0 saturated heterocycles. The second-order valence-electron chi connectivity index (χ2n) is 4.05. The Morgan fingerprint density at radius 1 is 1.47 bits per heavy atom. The summed E-state index contributed by atoms with van der Waals surface area (Å²) < 4.78 is 13.3. The number of hydrogen-bond donors (Lipinski definition) is 0. The minimum Gasteiger partial charge on any atom is -0.372 e. The van der Waals surface area contributed by atoms with E-state index in [9.17, 15) is 4.39 Å². The minimum absolute atomic E-state index is 0.329. The highest BCUT2D eigenvalue weighted by Gasteiger charge is 2.11. The number of halogens is 1. The molecule has 1 aromatic carbocycles. The second-order valence-corrected chi connectivity index (χ2v) is 5.04. The molecular weight excluding hydrogens is 235 g/mol. The Morgan fingerprint density at radius 3 is 2.76 bits per heavy atom. The summed E-state index contributed by atoms with van der Waals surface area (Å²) >= 11 is 1.80. The van der Waals surface area contributed by atoms with Crippen LogP contribution in [-0.4, -0.2) is 25.1 Å². The van der Waals surface area contributed by atoms with Gasteiger partial charge in [-0.3, -0.25) is 0 Å². The summed E-state index contributed by atoms with van der Waals surface area (Å²) in [4.78, 5) is 2.01. The summed E-state index contributed by atoms with van der Waals surface area (Å²) in [5.41, 5.74) is 1.12. The molecule has 0 radical (unpaired) electrons. The first-order valence-electron chi connectivity index (χ1n) is 5.51. The zero-order chi connectivity index (χ0) is 12.8. The zero-order valence-electron chi connectivity index (χ0n) is 10.4. The van der Waals surface area contributed by atoms with Gasteiger partial charge in [0.2, 0.25) is 0 Å². The Balaban J connectivity index is 2.84. The standard InChI is InChI=1S/C13H17FN2S/c1-10(4-5-17-3)16(2)13-7-11(9-15)6-12(14)8-13/h6-8,10H,4-5H2,1-3H3. The van der Waals surface area contributed by atoms with Crippen molar-refractivity contribution in [2.45, 2.75) is 19.4 Å². The summed E-state index contributed by atoms with van der Waals surface area (Å²) in [6.07, 6.45) is 3.11. The first kappa shape index (κ1) is 13.9. The molecule has 0 aliphatic rings. The highest BCUT2D eigenvalue weighted by molar-refractivity contribution is 7.98. The van der Waals surface area contributed by atoms with Crippen LogP contribution in [0.2, 0.25) is 0 Å². The lowest BCUT2D eigenvalue weighted by Gasteiger charge is -2.27. The van der Waals surface area contributed by atoms with Crippen molar-refractivity contribution in [1.29, 1.82) is 5.26 Å². The van der Waals surface area contributed by atoms with E-state index < -0.39 is 0 Å². The molecule has 0 aliphatic heterocycles. The number of rotatable bonds is 5. The first-order chi connectivity index (χ1) is 8.08. The topological polar surface area (TPSA) is 27.0 Å². The molecule has 0 spiro atoms. The Bertz CT molecular complexity index is 414. The van der Waals surface area contributed by atoms with Gasteiger partial charge < -0.3 is 4.90 Å². The van der Waals surface area contributed by atoms with Gasteiger partial charge in [-0.25, -0.2) is 4.39 Å². The molecule has 0 N–H and O–H groups in total. The molecule has 0 bridgehead atoms. The number of benzene rings is 1. The normalized spacial score (nSPS) is 11.9. The molecule has 0 saturated carbocycles. The molecule has 0 aromatic heterocycles. The lowest BCUT2D eigenvalue weighted by molar-refractivity contribution is 0.621. The molecule has 0 aliphatic carbocycles. The average molecular weight is 252 g/mol. The van der Waals surface area contributed by atoms with Crippen LogP contribution in [-0.2, 0) is 0 Å². The highest BCUT2D eigenvalue weighted by atomic mass is 32.2. The van der Waals surface area contributed by atoms with Crippen LogP contribution in [0.1, 0.15) is 18.9 Å². The van der Waals surface area contributed by atoms with Gasteiger partial charge in [-0.15, -0.1) is 0 Å². The maximum Gasteiger partial charge on any atom is 0.126 e. The van der Waals surface area contributed by atoms with E-state index in [1.807, 2.05) is 18.0 Å². The predicted octanol–water partition coefficient (Wildman–Crippen LogP) is 3.28. The predicted molar refractivity (Wildman–Crippen MR) is 72.0 cm³/mol. The molecule has 0 heterocycles. The third kappa shape index (κ3) is 3.94. The highest BCUT2D eigenvalue weighted by Crippen LogP contribution is 2.20. The molecule has 17 heavy (non-hydrogen) atoms. The van der Waals surface area contributed by atoms with Gasteiger partial charge in [-0.1, -0.05) is 0 Å². The van der Waals surface area contributed by atoms with E-state index in [1.165, 1.54) is 12.1 Å². The van der Waals surface area contributed by atoms with Gasteiger partial charge in [0.25, 0.3) is 0 Å². The van der Waals surface area contributed by atoms with Crippen LogP contribution >= 0.6 is 11.8 Å². The van der Waals surface area contributed by atoms with Gasteiger partial charge in [-0.05, 0) is 43.6 Å². The fourth-order valence-corrected chi connectivity index (χ4v) is 2.16. The van der Waals surface area contributed by atoms with Crippen LogP contribution in [0.4, 0.5) is 10.1 Å². The van der Waals surface area contributed by atoms with Gasteiger partial charge in [0.05, 0.1) is 11.6 Å². The van der Waals surface area contributed by atoms with E-state index in [1.54, 1.807) is 17.8 Å². The Kier molecular flexibility index (Phi) is 5.30. The summed E-state index contributed by atoms with van der Waals surface area (Å²) in [6, 6.07) is 6.75. The SMILES string of the molecule is CSCCC(C)N(C)c1cc(F)cc(C#N)c1. The summed E-state index contributed by atoms with van der Waals surface area (Å²) in [5, 5.41) is 8.81. The lowest BCUT2D eigenvalue weighted by Crippen LogP contribution is -2.29. The molecule has 0 fully saturated rings. The van der Waals surface area contributed by atoms with Crippen LogP contribution in [0.3, 0.4) is 0 Å². The number of thioether (sulfide) groups is 1. The smallest absolute Gasteiger partial charge is 0.126 e. The van der Waals surface area contributed by atoms with Crippen molar-refractivity contribution < 1.29 is 4.39 Å². The van der Waals surface area contributed by atoms with Crippen molar-refractivity contribution in [3.05, 3.63) is 29.6 Å². The maximum absolute atomic E-state index is 13.3. The molecule has 1 unspecified atom stereocenters.